The molecule has 1 aliphatic heterocycles. The van der Waals surface area contributed by atoms with Crippen LogP contribution in [0, 0.1) is 0 Å². The van der Waals surface area contributed by atoms with Gasteiger partial charge in [-0.25, -0.2) is 8.42 Å². The van der Waals surface area contributed by atoms with Crippen molar-refractivity contribution in [2.75, 3.05) is 25.0 Å². The number of carbonyl (C=O) groups is 1. The van der Waals surface area contributed by atoms with E-state index in [9.17, 15) is 13.2 Å². The van der Waals surface area contributed by atoms with Crippen molar-refractivity contribution < 1.29 is 17.9 Å². The molecule has 0 aromatic heterocycles. The summed E-state index contributed by atoms with van der Waals surface area (Å²) in [6.45, 7) is 3.47. The summed E-state index contributed by atoms with van der Waals surface area (Å²) in [4.78, 5) is 12.7. The Morgan fingerprint density at radius 2 is 1.89 bits per heavy atom. The van der Waals surface area contributed by atoms with Crippen molar-refractivity contribution in [1.29, 1.82) is 0 Å². The standard InChI is InChI=1S/C20H23ClN2O4S/c1-2-13-27-18-8-4-3-7-17(18)22-20(24)15-9-10-16(21)19(14-15)28(25,26)23-11-5-6-12-23/h3-4,7-10,14H,2,5-6,11-13H2,1H3,(H,22,24). The van der Waals surface area contributed by atoms with Crippen molar-refractivity contribution in [3.05, 3.63) is 53.1 Å². The average Bonchev–Trinajstić information content (AvgIpc) is 3.23. The summed E-state index contributed by atoms with van der Waals surface area (Å²) >= 11 is 6.15. The second-order valence-electron chi connectivity index (χ2n) is 6.56. The number of para-hydroxylation sites is 2. The summed E-state index contributed by atoms with van der Waals surface area (Å²) in [6.07, 6.45) is 2.49. The zero-order chi connectivity index (χ0) is 20.1. The van der Waals surface area contributed by atoms with Crippen LogP contribution < -0.4 is 10.1 Å². The molecule has 0 unspecified atom stereocenters. The highest BCUT2D eigenvalue weighted by Crippen LogP contribution is 2.29. The number of benzene rings is 2. The Morgan fingerprint density at radius 3 is 2.61 bits per heavy atom. The first kappa shape index (κ1) is 20.6. The van der Waals surface area contributed by atoms with Gasteiger partial charge in [0.1, 0.15) is 10.6 Å². The lowest BCUT2D eigenvalue weighted by Gasteiger charge is -2.17. The Balaban J connectivity index is 1.86. The van der Waals surface area contributed by atoms with Gasteiger partial charge in [0.05, 0.1) is 17.3 Å². The number of nitrogens with zero attached hydrogens (tertiary/aromatic N) is 1. The highest BCUT2D eigenvalue weighted by molar-refractivity contribution is 7.89. The average molecular weight is 423 g/mol. The third kappa shape index (κ3) is 4.48. The van der Waals surface area contributed by atoms with Crippen LogP contribution in [0.4, 0.5) is 5.69 Å². The van der Waals surface area contributed by atoms with Crippen LogP contribution in [0.3, 0.4) is 0 Å². The third-order valence-corrected chi connectivity index (χ3v) is 6.85. The van der Waals surface area contributed by atoms with E-state index < -0.39 is 15.9 Å². The van der Waals surface area contributed by atoms with Gasteiger partial charge in [0, 0.05) is 18.7 Å². The van der Waals surface area contributed by atoms with Crippen LogP contribution in [0.15, 0.2) is 47.4 Å². The van der Waals surface area contributed by atoms with E-state index in [1.54, 1.807) is 18.2 Å². The predicted octanol–water partition coefficient (Wildman–Crippen LogP) is 4.17. The number of amides is 1. The van der Waals surface area contributed by atoms with Gasteiger partial charge in [-0.05, 0) is 49.6 Å². The van der Waals surface area contributed by atoms with E-state index in [-0.39, 0.29) is 15.5 Å². The fraction of sp³-hybridized carbons (Fsp3) is 0.350. The van der Waals surface area contributed by atoms with Crippen molar-refractivity contribution in [3.63, 3.8) is 0 Å². The van der Waals surface area contributed by atoms with E-state index in [2.05, 4.69) is 5.32 Å². The van der Waals surface area contributed by atoms with E-state index in [1.807, 2.05) is 13.0 Å². The Kier molecular flexibility index (Phi) is 6.59. The van der Waals surface area contributed by atoms with Crippen molar-refractivity contribution >= 4 is 33.2 Å². The minimum absolute atomic E-state index is 0.0424. The summed E-state index contributed by atoms with van der Waals surface area (Å²) in [7, 11) is -3.72. The van der Waals surface area contributed by atoms with Crippen LogP contribution in [0.5, 0.6) is 5.75 Å². The van der Waals surface area contributed by atoms with Crippen molar-refractivity contribution in [2.45, 2.75) is 31.1 Å². The molecule has 150 valence electrons. The molecule has 0 bridgehead atoms. The maximum Gasteiger partial charge on any atom is 0.255 e. The Morgan fingerprint density at radius 1 is 1.18 bits per heavy atom. The number of carbonyl (C=O) groups excluding carboxylic acids is 1. The molecular weight excluding hydrogens is 400 g/mol. The molecule has 1 saturated heterocycles. The normalized spacial score (nSPS) is 14.8. The zero-order valence-electron chi connectivity index (χ0n) is 15.7. The number of rotatable bonds is 7. The summed E-state index contributed by atoms with van der Waals surface area (Å²) in [6, 6.07) is 11.4. The number of sulfonamides is 1. The van der Waals surface area contributed by atoms with E-state index in [0.29, 0.717) is 31.1 Å². The molecule has 0 aliphatic carbocycles. The van der Waals surface area contributed by atoms with Crippen LogP contribution in [0.1, 0.15) is 36.5 Å². The molecule has 28 heavy (non-hydrogen) atoms. The molecule has 2 aromatic rings. The molecule has 1 N–H and O–H groups in total. The van der Waals surface area contributed by atoms with E-state index >= 15 is 0 Å². The van der Waals surface area contributed by atoms with Gasteiger partial charge in [0.25, 0.3) is 5.91 Å². The molecule has 6 nitrogen and oxygen atoms in total. The van der Waals surface area contributed by atoms with Gasteiger partial charge in [-0.1, -0.05) is 30.7 Å². The molecule has 1 aliphatic rings. The van der Waals surface area contributed by atoms with Gasteiger partial charge in [-0.2, -0.15) is 4.31 Å². The van der Waals surface area contributed by atoms with Gasteiger partial charge < -0.3 is 10.1 Å². The summed E-state index contributed by atoms with van der Waals surface area (Å²) in [5.41, 5.74) is 0.743. The minimum atomic E-state index is -3.72. The van der Waals surface area contributed by atoms with Gasteiger partial charge in [-0.15, -0.1) is 0 Å². The number of hydrogen-bond acceptors (Lipinski definition) is 4. The molecule has 0 saturated carbocycles. The Bertz CT molecular complexity index is 956. The van der Waals surface area contributed by atoms with Gasteiger partial charge in [-0.3, -0.25) is 4.79 Å². The molecule has 3 rings (SSSR count). The molecule has 1 amide bonds. The maximum atomic E-state index is 12.9. The number of ether oxygens (including phenoxy) is 1. The van der Waals surface area contributed by atoms with Crippen LogP contribution in [-0.2, 0) is 10.0 Å². The lowest BCUT2D eigenvalue weighted by atomic mass is 10.2. The minimum Gasteiger partial charge on any atom is -0.491 e. The van der Waals surface area contributed by atoms with Crippen molar-refractivity contribution in [3.8, 4) is 5.75 Å². The fourth-order valence-electron chi connectivity index (χ4n) is 3.01. The van der Waals surface area contributed by atoms with Crippen molar-refractivity contribution in [2.24, 2.45) is 0 Å². The molecule has 0 atom stereocenters. The fourth-order valence-corrected chi connectivity index (χ4v) is 5.03. The molecule has 2 aromatic carbocycles. The number of halogens is 1. The topological polar surface area (TPSA) is 75.7 Å². The summed E-state index contributed by atoms with van der Waals surface area (Å²) in [5.74, 6) is 0.138. The largest absolute Gasteiger partial charge is 0.491 e. The first-order valence-electron chi connectivity index (χ1n) is 9.26. The third-order valence-electron chi connectivity index (χ3n) is 4.47. The van der Waals surface area contributed by atoms with Gasteiger partial charge in [0.15, 0.2) is 0 Å². The molecule has 1 heterocycles. The molecule has 0 radical (unpaired) electrons. The second-order valence-corrected chi connectivity index (χ2v) is 8.87. The quantitative estimate of drug-likeness (QED) is 0.726. The summed E-state index contributed by atoms with van der Waals surface area (Å²) in [5, 5.41) is 2.89. The van der Waals surface area contributed by atoms with Crippen molar-refractivity contribution in [1.82, 2.24) is 4.31 Å². The number of hydrogen-bond donors (Lipinski definition) is 1. The predicted molar refractivity (Wildman–Crippen MR) is 110 cm³/mol. The second kappa shape index (κ2) is 8.94. The molecule has 0 spiro atoms. The highest BCUT2D eigenvalue weighted by atomic mass is 35.5. The summed E-state index contributed by atoms with van der Waals surface area (Å²) < 4.78 is 32.8. The molecule has 1 fully saturated rings. The van der Waals surface area contributed by atoms with Crippen LogP contribution >= 0.6 is 11.6 Å². The number of nitrogens with one attached hydrogen (secondary N) is 1. The van der Waals surface area contributed by atoms with Crippen LogP contribution in [0.25, 0.3) is 0 Å². The van der Waals surface area contributed by atoms with Crippen LogP contribution in [0.2, 0.25) is 5.02 Å². The monoisotopic (exact) mass is 422 g/mol. The van der Waals surface area contributed by atoms with E-state index in [4.69, 9.17) is 16.3 Å². The van der Waals surface area contributed by atoms with E-state index in [0.717, 1.165) is 19.3 Å². The Labute approximate surface area is 170 Å². The molecular formula is C20H23ClN2O4S. The first-order chi connectivity index (χ1) is 13.4. The highest BCUT2D eigenvalue weighted by Gasteiger charge is 2.29. The first-order valence-corrected chi connectivity index (χ1v) is 11.1. The SMILES string of the molecule is CCCOc1ccccc1NC(=O)c1ccc(Cl)c(S(=O)(=O)N2CCCC2)c1. The zero-order valence-corrected chi connectivity index (χ0v) is 17.2. The lowest BCUT2D eigenvalue weighted by molar-refractivity contribution is 0.102. The molecule has 8 heteroatoms. The smallest absolute Gasteiger partial charge is 0.255 e. The maximum absolute atomic E-state index is 12.9. The lowest BCUT2D eigenvalue weighted by Crippen LogP contribution is -2.28. The van der Waals surface area contributed by atoms with Gasteiger partial charge >= 0.3 is 0 Å². The van der Waals surface area contributed by atoms with Crippen LogP contribution in [-0.4, -0.2) is 38.3 Å². The number of anilines is 1. The Hall–Kier alpha value is -2.09. The van der Waals surface area contributed by atoms with Gasteiger partial charge in [0.2, 0.25) is 10.0 Å². The van der Waals surface area contributed by atoms with E-state index in [1.165, 1.54) is 22.5 Å².